The van der Waals surface area contributed by atoms with E-state index in [1.807, 2.05) is 24.4 Å². The smallest absolute Gasteiger partial charge is 0.250 e. The normalized spacial score (nSPS) is 20.6. The molecule has 1 fully saturated rings. The van der Waals surface area contributed by atoms with Crippen LogP contribution in [0.4, 0.5) is 0 Å². The minimum absolute atomic E-state index is 0.0439. The maximum Gasteiger partial charge on any atom is 0.250 e. The molecule has 0 aromatic carbocycles. The van der Waals surface area contributed by atoms with E-state index in [9.17, 15) is 4.79 Å². The second-order valence-electron chi connectivity index (χ2n) is 4.35. The Labute approximate surface area is 107 Å². The standard InChI is InChI=1S/C13H19N3O2/c1-14-13(17)12-10-16(8-9-18-12)7-5-11-4-2-3-6-15-11/h2-4,6,12H,5,7-10H2,1H3,(H,14,17)/t12-/m1/s1. The van der Waals surface area contributed by atoms with Crippen LogP contribution in [-0.2, 0) is 16.0 Å². The molecular formula is C13H19N3O2. The first-order chi connectivity index (χ1) is 8.79. The molecule has 1 aliphatic heterocycles. The summed E-state index contributed by atoms with van der Waals surface area (Å²) in [6.07, 6.45) is 2.37. The third kappa shape index (κ3) is 3.51. The van der Waals surface area contributed by atoms with Gasteiger partial charge in [-0.25, -0.2) is 0 Å². The van der Waals surface area contributed by atoms with Gasteiger partial charge in [0.05, 0.1) is 6.61 Å². The number of morpholine rings is 1. The summed E-state index contributed by atoms with van der Waals surface area (Å²) in [6.45, 7) is 3.06. The van der Waals surface area contributed by atoms with Gasteiger partial charge in [0.2, 0.25) is 5.91 Å². The van der Waals surface area contributed by atoms with Crippen LogP contribution in [0.1, 0.15) is 5.69 Å². The number of ether oxygens (including phenoxy) is 1. The van der Waals surface area contributed by atoms with Gasteiger partial charge in [0, 0.05) is 45.0 Å². The fourth-order valence-corrected chi connectivity index (χ4v) is 2.04. The largest absolute Gasteiger partial charge is 0.366 e. The van der Waals surface area contributed by atoms with Gasteiger partial charge < -0.3 is 10.1 Å². The molecule has 1 aromatic heterocycles. The molecule has 1 aliphatic rings. The zero-order chi connectivity index (χ0) is 12.8. The van der Waals surface area contributed by atoms with Crippen LogP contribution in [0.5, 0.6) is 0 Å². The zero-order valence-corrected chi connectivity index (χ0v) is 10.6. The maximum absolute atomic E-state index is 11.5. The van der Waals surface area contributed by atoms with Gasteiger partial charge in [-0.2, -0.15) is 0 Å². The van der Waals surface area contributed by atoms with Crippen LogP contribution >= 0.6 is 0 Å². The molecule has 2 heterocycles. The van der Waals surface area contributed by atoms with Gasteiger partial charge in [-0.1, -0.05) is 6.07 Å². The summed E-state index contributed by atoms with van der Waals surface area (Å²) in [5.74, 6) is -0.0439. The Balaban J connectivity index is 1.81. The van der Waals surface area contributed by atoms with Crippen molar-refractivity contribution in [1.29, 1.82) is 0 Å². The van der Waals surface area contributed by atoms with Crippen LogP contribution in [0.15, 0.2) is 24.4 Å². The molecule has 18 heavy (non-hydrogen) atoms. The Kier molecular flexibility index (Phi) is 4.66. The van der Waals surface area contributed by atoms with Crippen molar-refractivity contribution in [3.63, 3.8) is 0 Å². The predicted octanol–water partition coefficient (Wildman–Crippen LogP) is 0.0709. The number of carbonyl (C=O) groups excluding carboxylic acids is 1. The summed E-state index contributed by atoms with van der Waals surface area (Å²) in [6, 6.07) is 5.94. The van der Waals surface area contributed by atoms with Gasteiger partial charge in [0.1, 0.15) is 6.10 Å². The predicted molar refractivity (Wildman–Crippen MR) is 68.2 cm³/mol. The van der Waals surface area contributed by atoms with E-state index in [4.69, 9.17) is 4.74 Å². The van der Waals surface area contributed by atoms with Crippen molar-refractivity contribution in [2.24, 2.45) is 0 Å². The number of carbonyl (C=O) groups is 1. The molecule has 0 aliphatic carbocycles. The Morgan fingerprint density at radius 3 is 3.22 bits per heavy atom. The average Bonchev–Trinajstić information content (AvgIpc) is 2.45. The van der Waals surface area contributed by atoms with Crippen LogP contribution in [0, 0.1) is 0 Å². The van der Waals surface area contributed by atoms with Gasteiger partial charge in [-0.05, 0) is 12.1 Å². The summed E-state index contributed by atoms with van der Waals surface area (Å²) in [7, 11) is 1.64. The highest BCUT2D eigenvalue weighted by Crippen LogP contribution is 2.06. The topological polar surface area (TPSA) is 54.5 Å². The first-order valence-corrected chi connectivity index (χ1v) is 6.25. The summed E-state index contributed by atoms with van der Waals surface area (Å²) >= 11 is 0. The molecule has 0 unspecified atom stereocenters. The van der Waals surface area contributed by atoms with E-state index in [1.165, 1.54) is 0 Å². The third-order valence-corrected chi connectivity index (χ3v) is 3.10. The van der Waals surface area contributed by atoms with E-state index in [-0.39, 0.29) is 12.0 Å². The number of aromatic nitrogens is 1. The van der Waals surface area contributed by atoms with Crippen LogP contribution in [0.3, 0.4) is 0 Å². The second-order valence-corrected chi connectivity index (χ2v) is 4.35. The average molecular weight is 249 g/mol. The molecule has 1 saturated heterocycles. The summed E-state index contributed by atoms with van der Waals surface area (Å²) in [4.78, 5) is 18.1. The lowest BCUT2D eigenvalue weighted by molar-refractivity contribution is -0.137. The minimum Gasteiger partial charge on any atom is -0.366 e. The van der Waals surface area contributed by atoms with E-state index in [1.54, 1.807) is 7.05 Å². The molecule has 1 atom stereocenters. The maximum atomic E-state index is 11.5. The number of pyridine rings is 1. The summed E-state index contributed by atoms with van der Waals surface area (Å²) < 4.78 is 5.44. The fraction of sp³-hybridized carbons (Fsp3) is 0.538. The molecule has 1 N–H and O–H groups in total. The van der Waals surface area contributed by atoms with Crippen LogP contribution in [0.25, 0.3) is 0 Å². The molecule has 0 radical (unpaired) electrons. The minimum atomic E-state index is -0.340. The van der Waals surface area contributed by atoms with Crippen LogP contribution in [-0.4, -0.2) is 55.2 Å². The van der Waals surface area contributed by atoms with Crippen molar-refractivity contribution < 1.29 is 9.53 Å². The van der Waals surface area contributed by atoms with Crippen molar-refractivity contribution in [3.05, 3.63) is 30.1 Å². The molecule has 0 bridgehead atoms. The van der Waals surface area contributed by atoms with Crippen LogP contribution in [0.2, 0.25) is 0 Å². The van der Waals surface area contributed by atoms with E-state index in [2.05, 4.69) is 15.2 Å². The van der Waals surface area contributed by atoms with Gasteiger partial charge in [-0.3, -0.25) is 14.7 Å². The molecule has 0 spiro atoms. The molecule has 0 saturated carbocycles. The van der Waals surface area contributed by atoms with Crippen molar-refractivity contribution in [1.82, 2.24) is 15.2 Å². The van der Waals surface area contributed by atoms with Gasteiger partial charge in [0.15, 0.2) is 0 Å². The van der Waals surface area contributed by atoms with Crippen LogP contribution < -0.4 is 5.32 Å². The summed E-state index contributed by atoms with van der Waals surface area (Å²) in [5, 5.41) is 2.63. The van der Waals surface area contributed by atoms with E-state index < -0.39 is 0 Å². The fourth-order valence-electron chi connectivity index (χ4n) is 2.04. The number of nitrogens with one attached hydrogen (secondary N) is 1. The Morgan fingerprint density at radius 1 is 1.61 bits per heavy atom. The van der Waals surface area contributed by atoms with Crippen molar-refractivity contribution >= 4 is 5.91 Å². The third-order valence-electron chi connectivity index (χ3n) is 3.10. The zero-order valence-electron chi connectivity index (χ0n) is 10.6. The van der Waals surface area contributed by atoms with Gasteiger partial charge >= 0.3 is 0 Å². The molecule has 2 rings (SSSR count). The monoisotopic (exact) mass is 249 g/mol. The Morgan fingerprint density at radius 2 is 2.50 bits per heavy atom. The van der Waals surface area contributed by atoms with E-state index in [0.29, 0.717) is 13.2 Å². The molecular weight excluding hydrogens is 230 g/mol. The lowest BCUT2D eigenvalue weighted by atomic mass is 10.2. The van der Waals surface area contributed by atoms with Gasteiger partial charge in [-0.15, -0.1) is 0 Å². The molecule has 98 valence electrons. The molecule has 5 nitrogen and oxygen atoms in total. The Bertz CT molecular complexity index is 383. The summed E-state index contributed by atoms with van der Waals surface area (Å²) in [5.41, 5.74) is 1.08. The Hall–Kier alpha value is -1.46. The molecule has 1 aromatic rings. The number of rotatable bonds is 4. The first-order valence-electron chi connectivity index (χ1n) is 6.25. The SMILES string of the molecule is CNC(=O)[C@H]1CN(CCc2ccccn2)CCO1. The van der Waals surface area contributed by atoms with Gasteiger partial charge in [0.25, 0.3) is 0 Å². The highest BCUT2D eigenvalue weighted by molar-refractivity contribution is 5.80. The first kappa shape index (κ1) is 13.0. The van der Waals surface area contributed by atoms with E-state index >= 15 is 0 Å². The number of hydrogen-bond donors (Lipinski definition) is 1. The highest BCUT2D eigenvalue weighted by Gasteiger charge is 2.25. The quantitative estimate of drug-likeness (QED) is 0.820. The van der Waals surface area contributed by atoms with E-state index in [0.717, 1.165) is 25.2 Å². The van der Waals surface area contributed by atoms with Crippen molar-refractivity contribution in [3.8, 4) is 0 Å². The van der Waals surface area contributed by atoms with Crippen molar-refractivity contribution in [2.45, 2.75) is 12.5 Å². The lowest BCUT2D eigenvalue weighted by Crippen LogP contribution is -2.49. The highest BCUT2D eigenvalue weighted by atomic mass is 16.5. The second kappa shape index (κ2) is 6.47. The number of nitrogens with zero attached hydrogens (tertiary/aromatic N) is 2. The molecule has 1 amide bonds. The number of likely N-dealkylation sites (N-methyl/N-ethyl adjacent to an activating group) is 1. The van der Waals surface area contributed by atoms with Crippen molar-refractivity contribution in [2.75, 3.05) is 33.3 Å². The number of amides is 1. The lowest BCUT2D eigenvalue weighted by Gasteiger charge is -2.31. The number of hydrogen-bond acceptors (Lipinski definition) is 4. The molecule has 5 heteroatoms.